The topological polar surface area (TPSA) is 43.8 Å². The zero-order chi connectivity index (χ0) is 13.4. The zero-order valence-corrected chi connectivity index (χ0v) is 11.2. The first-order valence-electron chi connectivity index (χ1n) is 6.32. The van der Waals surface area contributed by atoms with Gasteiger partial charge in [0.15, 0.2) is 0 Å². The van der Waals surface area contributed by atoms with E-state index in [4.69, 9.17) is 5.11 Å². The average Bonchev–Trinajstić information content (AvgIpc) is 2.41. The van der Waals surface area contributed by atoms with Crippen molar-refractivity contribution in [2.75, 3.05) is 38.4 Å². The van der Waals surface area contributed by atoms with Gasteiger partial charge in [-0.25, -0.2) is 4.79 Å². The molecule has 0 amide bonds. The molecule has 0 aliphatic carbocycles. The fourth-order valence-electron chi connectivity index (χ4n) is 1.74. The summed E-state index contributed by atoms with van der Waals surface area (Å²) >= 11 is 2.23. The van der Waals surface area contributed by atoms with Gasteiger partial charge in [-0.1, -0.05) is 18.2 Å². The van der Waals surface area contributed by atoms with Crippen molar-refractivity contribution in [2.45, 2.75) is 0 Å². The monoisotopic (exact) mass is 242 g/mol. The van der Waals surface area contributed by atoms with Gasteiger partial charge in [-0.15, -0.1) is 0 Å². The number of benzene rings is 1. The third-order valence-corrected chi connectivity index (χ3v) is 3.06. The molecule has 0 unspecified atom stereocenters. The van der Waals surface area contributed by atoms with Crippen molar-refractivity contribution in [1.82, 2.24) is 9.80 Å². The van der Waals surface area contributed by atoms with Crippen LogP contribution in [0.25, 0.3) is 0 Å². The summed E-state index contributed by atoms with van der Waals surface area (Å²) in [5.41, 5.74) is 0.331. The van der Waals surface area contributed by atoms with Crippen molar-refractivity contribution in [3.05, 3.63) is 35.9 Å². The van der Waals surface area contributed by atoms with E-state index in [0.717, 1.165) is 0 Å². The Morgan fingerprint density at radius 3 is 2.17 bits per heavy atom. The molecule has 0 saturated carbocycles. The number of piperazine rings is 1. The quantitative estimate of drug-likeness (QED) is 0.777. The summed E-state index contributed by atoms with van der Waals surface area (Å²) in [4.78, 5) is 15.1. The number of carboxylic acids is 1. The summed E-state index contributed by atoms with van der Waals surface area (Å²) in [6.45, 7) is 5.00. The van der Waals surface area contributed by atoms with E-state index in [1.807, 2.05) is 0 Å². The minimum absolute atomic E-state index is 0.331. The Balaban J connectivity index is 0.000000180. The number of carboxylic acid groups (broad SMARTS) is 1. The molecule has 0 atom stereocenters. The van der Waals surface area contributed by atoms with E-state index in [1.54, 1.807) is 30.3 Å². The molecule has 1 aromatic carbocycles. The Morgan fingerprint density at radius 1 is 1.22 bits per heavy atom. The first kappa shape index (κ1) is 15.3. The van der Waals surface area contributed by atoms with Gasteiger partial charge < -0.3 is 5.11 Å². The number of hydrogen-bond donors (Lipinski definition) is 1. The third-order valence-electron chi connectivity index (χ3n) is 3.06. The van der Waals surface area contributed by atoms with E-state index in [2.05, 4.69) is 34.6 Å². The van der Waals surface area contributed by atoms with Gasteiger partial charge in [0.1, 0.15) is 0 Å². The second-order valence-corrected chi connectivity index (χ2v) is 4.41. The van der Waals surface area contributed by atoms with E-state index < -0.39 is 5.97 Å². The van der Waals surface area contributed by atoms with E-state index >= 15 is 0 Å². The van der Waals surface area contributed by atoms with Crippen molar-refractivity contribution in [3.63, 3.8) is 0 Å². The molecule has 1 aliphatic rings. The van der Waals surface area contributed by atoms with Crippen molar-refractivity contribution in [2.24, 2.45) is 0 Å². The molecule has 1 saturated heterocycles. The maximum atomic E-state index is 10.2. The van der Waals surface area contributed by atoms with Crippen LogP contribution in [0.3, 0.4) is 0 Å². The molecule has 94 valence electrons. The first-order valence-corrected chi connectivity index (χ1v) is 6.32. The van der Waals surface area contributed by atoms with Crippen molar-refractivity contribution >= 4 is 23.7 Å². The van der Waals surface area contributed by atoms with Crippen LogP contribution in [0.15, 0.2) is 30.3 Å². The van der Waals surface area contributed by atoms with Crippen molar-refractivity contribution in [3.8, 4) is 0 Å². The van der Waals surface area contributed by atoms with Crippen LogP contribution in [-0.2, 0) is 0 Å². The molecule has 1 heterocycles. The summed E-state index contributed by atoms with van der Waals surface area (Å²) in [6, 6.07) is 8.30. The van der Waals surface area contributed by atoms with Gasteiger partial charge in [-0.2, -0.15) is 0 Å². The molecule has 5 heteroatoms. The number of carbonyl (C=O) groups is 1. The summed E-state index contributed by atoms with van der Waals surface area (Å²) in [7, 11) is 2.19. The summed E-state index contributed by atoms with van der Waals surface area (Å²) in [5, 5.41) is 9.60. The normalized spacial score (nSPS) is 16.8. The van der Waals surface area contributed by atoms with Crippen LogP contribution in [-0.4, -0.2) is 77.0 Å². The average molecular weight is 242 g/mol. The fraction of sp³-hybridized carbons (Fsp3) is 0.462. The maximum absolute atomic E-state index is 10.2. The van der Waals surface area contributed by atoms with E-state index in [9.17, 15) is 4.79 Å². The molecule has 0 bridgehead atoms. The van der Waals surface area contributed by atoms with Crippen molar-refractivity contribution in [1.29, 1.82) is 0 Å². The molecule has 1 N–H and O–H groups in total. The van der Waals surface area contributed by atoms with Gasteiger partial charge in [0.05, 0.1) is 5.56 Å². The fourth-order valence-corrected chi connectivity index (χ4v) is 1.74. The van der Waals surface area contributed by atoms with Crippen LogP contribution >= 0.6 is 0 Å². The summed E-state index contributed by atoms with van der Waals surface area (Å²) in [5.74, 6) is -0.879. The van der Waals surface area contributed by atoms with Crippen LogP contribution in [0.4, 0.5) is 0 Å². The Bertz CT molecular complexity index is 351. The number of nitrogens with zero attached hydrogens (tertiary/aromatic N) is 2. The second kappa shape index (κ2) is 8.33. The summed E-state index contributed by atoms with van der Waals surface area (Å²) in [6.07, 6.45) is 0. The van der Waals surface area contributed by atoms with Gasteiger partial charge >= 0.3 is 71.9 Å². The molecule has 0 spiro atoms. The third kappa shape index (κ3) is 5.70. The Morgan fingerprint density at radius 2 is 1.78 bits per heavy atom. The van der Waals surface area contributed by atoms with Crippen LogP contribution in [0.5, 0.6) is 0 Å². The molecular formula is C13H19LiN2O2. The van der Waals surface area contributed by atoms with Crippen LogP contribution < -0.4 is 0 Å². The molecule has 1 aromatic rings. The number of hydrogen-bond acceptors (Lipinski definition) is 3. The number of rotatable bonds is 2. The predicted molar refractivity (Wildman–Crippen MR) is 73.1 cm³/mol. The second-order valence-electron chi connectivity index (χ2n) is 4.41. The van der Waals surface area contributed by atoms with Crippen LogP contribution in [0.2, 0.25) is 0 Å². The van der Waals surface area contributed by atoms with Crippen LogP contribution in [0.1, 0.15) is 10.4 Å². The first-order chi connectivity index (χ1) is 8.63. The zero-order valence-electron chi connectivity index (χ0n) is 11.2. The van der Waals surface area contributed by atoms with Gasteiger partial charge in [0.2, 0.25) is 0 Å². The molecule has 0 aromatic heterocycles. The SMILES string of the molecule is O=C(O)c1ccccc1.[Li][CH2]N1CCN(C)CC1. The molecule has 1 aliphatic heterocycles. The molecule has 1 fully saturated rings. The van der Waals surface area contributed by atoms with Gasteiger partial charge in [-0.3, -0.25) is 0 Å². The van der Waals surface area contributed by atoms with Gasteiger partial charge in [0, 0.05) is 0 Å². The Labute approximate surface area is 118 Å². The van der Waals surface area contributed by atoms with Gasteiger partial charge in [0.25, 0.3) is 0 Å². The van der Waals surface area contributed by atoms with E-state index in [-0.39, 0.29) is 0 Å². The van der Waals surface area contributed by atoms with Crippen molar-refractivity contribution < 1.29 is 9.90 Å². The van der Waals surface area contributed by atoms with Gasteiger partial charge in [-0.05, 0) is 12.1 Å². The van der Waals surface area contributed by atoms with E-state index in [1.165, 1.54) is 31.4 Å². The summed E-state index contributed by atoms with van der Waals surface area (Å²) < 4.78 is 0. The number of likely N-dealkylation sites (N-methyl/N-ethyl adjacent to an activating group) is 1. The predicted octanol–water partition coefficient (Wildman–Crippen LogP) is 0.745. The Hall–Kier alpha value is -0.793. The van der Waals surface area contributed by atoms with E-state index in [0.29, 0.717) is 5.56 Å². The molecular weight excluding hydrogens is 223 g/mol. The molecule has 2 rings (SSSR count). The minimum atomic E-state index is -0.879. The standard InChI is InChI=1S/C7H6O2.C6H13N2.Li/c8-7(9)6-4-2-1-3-5-6;1-7-3-5-8(2)6-4-7;/h1-5H,(H,8,9);1,3-6H2,2H3;. The Kier molecular flexibility index (Phi) is 7.07. The molecule has 0 radical (unpaired) electrons. The van der Waals surface area contributed by atoms with Crippen LogP contribution in [0, 0.1) is 0 Å². The molecule has 4 nitrogen and oxygen atoms in total. The molecule has 18 heavy (non-hydrogen) atoms. The number of aromatic carboxylic acids is 1.